The first-order valence-corrected chi connectivity index (χ1v) is 4.78. The Labute approximate surface area is 69.0 Å². The van der Waals surface area contributed by atoms with E-state index in [0.29, 0.717) is 5.38 Å². The Morgan fingerprint density at radius 3 is 2.30 bits per heavy atom. The summed E-state index contributed by atoms with van der Waals surface area (Å²) in [6.45, 7) is 4.52. The van der Waals surface area contributed by atoms with Crippen molar-refractivity contribution in [1.82, 2.24) is 0 Å². The highest BCUT2D eigenvalue weighted by Gasteiger charge is 2.29. The smallest absolute Gasteiger partial charge is 0.0364 e. The van der Waals surface area contributed by atoms with Gasteiger partial charge in [0.25, 0.3) is 0 Å². The molecule has 0 amide bonds. The van der Waals surface area contributed by atoms with Gasteiger partial charge in [-0.3, -0.25) is 0 Å². The van der Waals surface area contributed by atoms with Crippen molar-refractivity contribution in [3.63, 3.8) is 0 Å². The van der Waals surface area contributed by atoms with Gasteiger partial charge in [0, 0.05) is 5.38 Å². The molecule has 0 bridgehead atoms. The van der Waals surface area contributed by atoms with E-state index in [2.05, 4.69) is 13.8 Å². The largest absolute Gasteiger partial charge is 0.123 e. The molecule has 0 saturated heterocycles. The summed E-state index contributed by atoms with van der Waals surface area (Å²) in [4.78, 5) is 0. The van der Waals surface area contributed by atoms with Gasteiger partial charge in [-0.15, -0.1) is 11.6 Å². The van der Waals surface area contributed by atoms with Gasteiger partial charge in [0.05, 0.1) is 0 Å². The molecule has 1 fully saturated rings. The zero-order valence-corrected chi connectivity index (χ0v) is 7.69. The Balaban J connectivity index is 2.00. The molecule has 0 aliphatic heterocycles. The van der Waals surface area contributed by atoms with Gasteiger partial charge in [0.1, 0.15) is 0 Å². The maximum Gasteiger partial charge on any atom is 0.0364 e. The third-order valence-electron chi connectivity index (χ3n) is 2.15. The summed E-state index contributed by atoms with van der Waals surface area (Å²) in [6.07, 6.45) is 5.28. The Morgan fingerprint density at radius 1 is 1.30 bits per heavy atom. The minimum atomic E-state index is 0.488. The third-order valence-corrected chi connectivity index (χ3v) is 2.73. The van der Waals surface area contributed by atoms with Gasteiger partial charge < -0.3 is 0 Å². The predicted molar refractivity (Wildman–Crippen MR) is 46.4 cm³/mol. The third kappa shape index (κ3) is 2.92. The molecule has 1 heteroatoms. The van der Waals surface area contributed by atoms with Gasteiger partial charge in [-0.25, -0.2) is 0 Å². The monoisotopic (exact) mass is 160 g/mol. The maximum atomic E-state index is 6.12. The van der Waals surface area contributed by atoms with Crippen LogP contribution in [-0.2, 0) is 0 Å². The molecule has 0 radical (unpaired) electrons. The number of halogens is 1. The molecule has 1 aliphatic carbocycles. The van der Waals surface area contributed by atoms with Gasteiger partial charge in [0.15, 0.2) is 0 Å². The van der Waals surface area contributed by atoms with Crippen LogP contribution in [0.25, 0.3) is 0 Å². The molecule has 0 nitrogen and oxygen atoms in total. The Kier molecular flexibility index (Phi) is 3.03. The van der Waals surface area contributed by atoms with Crippen molar-refractivity contribution < 1.29 is 0 Å². The van der Waals surface area contributed by atoms with E-state index in [4.69, 9.17) is 11.6 Å². The van der Waals surface area contributed by atoms with Crippen molar-refractivity contribution in [2.24, 2.45) is 11.8 Å². The SMILES string of the molecule is CC(C)CCC(Cl)C1CC1. The zero-order valence-electron chi connectivity index (χ0n) is 6.94. The molecule has 0 N–H and O–H groups in total. The van der Waals surface area contributed by atoms with Crippen LogP contribution in [0, 0.1) is 11.8 Å². The normalized spacial score (nSPS) is 21.6. The summed E-state index contributed by atoms with van der Waals surface area (Å²) >= 11 is 6.12. The number of hydrogen-bond donors (Lipinski definition) is 0. The lowest BCUT2D eigenvalue weighted by molar-refractivity contribution is 0.525. The average Bonchev–Trinajstić information content (AvgIpc) is 2.63. The first-order valence-electron chi connectivity index (χ1n) is 4.34. The molecule has 0 spiro atoms. The van der Waals surface area contributed by atoms with Gasteiger partial charge in [-0.2, -0.15) is 0 Å². The van der Waals surface area contributed by atoms with Crippen molar-refractivity contribution in [1.29, 1.82) is 0 Å². The Hall–Kier alpha value is 0.290. The summed E-state index contributed by atoms with van der Waals surface area (Å²) < 4.78 is 0. The second-order valence-electron chi connectivity index (χ2n) is 3.82. The van der Waals surface area contributed by atoms with Crippen LogP contribution in [0.3, 0.4) is 0 Å². The lowest BCUT2D eigenvalue weighted by Crippen LogP contribution is -2.02. The molecular weight excluding hydrogens is 144 g/mol. The fourth-order valence-electron chi connectivity index (χ4n) is 1.19. The molecule has 0 aromatic carbocycles. The van der Waals surface area contributed by atoms with Gasteiger partial charge in [-0.1, -0.05) is 13.8 Å². The number of rotatable bonds is 4. The van der Waals surface area contributed by atoms with E-state index in [1.165, 1.54) is 25.7 Å². The molecule has 1 unspecified atom stereocenters. The zero-order chi connectivity index (χ0) is 7.56. The van der Waals surface area contributed by atoms with Gasteiger partial charge in [0.2, 0.25) is 0 Å². The number of hydrogen-bond acceptors (Lipinski definition) is 0. The fourth-order valence-corrected chi connectivity index (χ4v) is 1.56. The fraction of sp³-hybridized carbons (Fsp3) is 1.00. The highest BCUT2D eigenvalue weighted by atomic mass is 35.5. The van der Waals surface area contributed by atoms with Crippen LogP contribution in [0.1, 0.15) is 39.5 Å². The summed E-state index contributed by atoms with van der Waals surface area (Å²) in [7, 11) is 0. The maximum absolute atomic E-state index is 6.12. The standard InChI is InChI=1S/C9H17Cl/c1-7(2)3-6-9(10)8-4-5-8/h7-9H,3-6H2,1-2H3. The summed E-state index contributed by atoms with van der Waals surface area (Å²) in [5.41, 5.74) is 0. The Morgan fingerprint density at radius 2 is 1.90 bits per heavy atom. The topological polar surface area (TPSA) is 0 Å². The highest BCUT2D eigenvalue weighted by Crippen LogP contribution is 2.38. The van der Waals surface area contributed by atoms with E-state index < -0.39 is 0 Å². The summed E-state index contributed by atoms with van der Waals surface area (Å²) in [5, 5.41) is 0.488. The summed E-state index contributed by atoms with van der Waals surface area (Å²) in [6, 6.07) is 0. The van der Waals surface area contributed by atoms with Crippen LogP contribution < -0.4 is 0 Å². The lowest BCUT2D eigenvalue weighted by atomic mass is 10.0. The quantitative estimate of drug-likeness (QED) is 0.553. The van der Waals surface area contributed by atoms with Crippen molar-refractivity contribution in [3.05, 3.63) is 0 Å². The molecule has 10 heavy (non-hydrogen) atoms. The van der Waals surface area contributed by atoms with Crippen LogP contribution in [0.15, 0.2) is 0 Å². The van der Waals surface area contributed by atoms with Crippen LogP contribution in [0.4, 0.5) is 0 Å². The van der Waals surface area contributed by atoms with E-state index in [9.17, 15) is 0 Å². The first-order chi connectivity index (χ1) is 4.70. The van der Waals surface area contributed by atoms with Crippen LogP contribution in [0.2, 0.25) is 0 Å². The minimum Gasteiger partial charge on any atom is -0.123 e. The molecule has 60 valence electrons. The van der Waals surface area contributed by atoms with E-state index in [0.717, 1.165) is 11.8 Å². The van der Waals surface area contributed by atoms with Gasteiger partial charge >= 0.3 is 0 Å². The van der Waals surface area contributed by atoms with Crippen molar-refractivity contribution in [2.75, 3.05) is 0 Å². The lowest BCUT2D eigenvalue weighted by Gasteiger charge is -2.08. The first kappa shape index (κ1) is 8.39. The van der Waals surface area contributed by atoms with E-state index in [1.807, 2.05) is 0 Å². The van der Waals surface area contributed by atoms with Crippen molar-refractivity contribution in [2.45, 2.75) is 44.9 Å². The van der Waals surface area contributed by atoms with Crippen LogP contribution in [-0.4, -0.2) is 5.38 Å². The van der Waals surface area contributed by atoms with Crippen molar-refractivity contribution >= 4 is 11.6 Å². The molecular formula is C9H17Cl. The van der Waals surface area contributed by atoms with Crippen LogP contribution >= 0.6 is 11.6 Å². The second-order valence-corrected chi connectivity index (χ2v) is 4.39. The Bertz CT molecular complexity index is 94.9. The molecule has 1 saturated carbocycles. The summed E-state index contributed by atoms with van der Waals surface area (Å²) in [5.74, 6) is 1.69. The second kappa shape index (κ2) is 3.61. The molecule has 1 aliphatic rings. The average molecular weight is 161 g/mol. The van der Waals surface area contributed by atoms with E-state index >= 15 is 0 Å². The number of alkyl halides is 1. The van der Waals surface area contributed by atoms with Crippen LogP contribution in [0.5, 0.6) is 0 Å². The molecule has 0 aromatic heterocycles. The predicted octanol–water partition coefficient (Wildman–Crippen LogP) is 3.44. The van der Waals surface area contributed by atoms with E-state index in [1.54, 1.807) is 0 Å². The minimum absolute atomic E-state index is 0.488. The molecule has 0 heterocycles. The molecule has 1 rings (SSSR count). The van der Waals surface area contributed by atoms with Gasteiger partial charge in [-0.05, 0) is 37.5 Å². The highest BCUT2D eigenvalue weighted by molar-refractivity contribution is 6.20. The molecule has 0 aromatic rings. The van der Waals surface area contributed by atoms with Crippen molar-refractivity contribution in [3.8, 4) is 0 Å². The van der Waals surface area contributed by atoms with E-state index in [-0.39, 0.29) is 0 Å². The molecule has 1 atom stereocenters.